The Morgan fingerprint density at radius 3 is 2.65 bits per heavy atom. The van der Waals surface area contributed by atoms with Gasteiger partial charge in [-0.1, -0.05) is 24.9 Å². The van der Waals surface area contributed by atoms with Gasteiger partial charge < -0.3 is 15.0 Å². The molecule has 0 spiro atoms. The molecule has 0 bridgehead atoms. The number of unbranched alkanes of at least 4 members (excludes halogenated alkanes) is 1. The summed E-state index contributed by atoms with van der Waals surface area (Å²) in [5, 5.41) is 3.55. The van der Waals surface area contributed by atoms with Gasteiger partial charge in [0.05, 0.1) is 35.3 Å². The first-order chi connectivity index (χ1) is 12.5. The van der Waals surface area contributed by atoms with Gasteiger partial charge in [0.2, 0.25) is 0 Å². The Morgan fingerprint density at radius 2 is 2.04 bits per heavy atom. The van der Waals surface area contributed by atoms with Crippen molar-refractivity contribution in [1.82, 2.24) is 9.88 Å². The SMILES string of the molecule is CCCCN(C)C(=O)c1ccc(Nc2cc(C(=O)OC)ccc2Cl)cn1. The van der Waals surface area contributed by atoms with Crippen LogP contribution in [0.4, 0.5) is 11.4 Å². The Bertz CT molecular complexity index is 778. The molecule has 1 N–H and O–H groups in total. The molecule has 6 nitrogen and oxygen atoms in total. The number of amides is 1. The summed E-state index contributed by atoms with van der Waals surface area (Å²) >= 11 is 6.17. The monoisotopic (exact) mass is 375 g/mol. The Hall–Kier alpha value is -2.60. The summed E-state index contributed by atoms with van der Waals surface area (Å²) in [5.74, 6) is -0.561. The first-order valence-corrected chi connectivity index (χ1v) is 8.70. The highest BCUT2D eigenvalue weighted by Gasteiger charge is 2.13. The van der Waals surface area contributed by atoms with Gasteiger partial charge in [-0.3, -0.25) is 4.79 Å². The zero-order chi connectivity index (χ0) is 19.1. The van der Waals surface area contributed by atoms with E-state index in [-0.39, 0.29) is 5.91 Å². The maximum absolute atomic E-state index is 12.3. The molecule has 2 aromatic rings. The van der Waals surface area contributed by atoms with Crippen LogP contribution < -0.4 is 5.32 Å². The molecular weight excluding hydrogens is 354 g/mol. The number of carbonyl (C=O) groups excluding carboxylic acids is 2. The lowest BCUT2D eigenvalue weighted by atomic mass is 10.2. The summed E-state index contributed by atoms with van der Waals surface area (Å²) in [6.45, 7) is 2.78. The van der Waals surface area contributed by atoms with E-state index in [0.29, 0.717) is 34.2 Å². The Kier molecular flexibility index (Phi) is 6.97. The van der Waals surface area contributed by atoms with Crippen LogP contribution >= 0.6 is 11.6 Å². The maximum Gasteiger partial charge on any atom is 0.337 e. The molecule has 1 aromatic heterocycles. The summed E-state index contributed by atoms with van der Waals surface area (Å²) in [7, 11) is 3.09. The zero-order valence-corrected chi connectivity index (χ0v) is 15.8. The van der Waals surface area contributed by atoms with E-state index in [0.717, 1.165) is 12.8 Å². The highest BCUT2D eigenvalue weighted by Crippen LogP contribution is 2.26. The fraction of sp³-hybridized carbons (Fsp3) is 0.316. The lowest BCUT2D eigenvalue weighted by Gasteiger charge is -2.16. The third kappa shape index (κ3) is 4.95. The van der Waals surface area contributed by atoms with Crippen LogP contribution in [-0.4, -0.2) is 42.5 Å². The van der Waals surface area contributed by atoms with Crippen molar-refractivity contribution >= 4 is 34.9 Å². The molecule has 138 valence electrons. The molecule has 0 atom stereocenters. The third-order valence-electron chi connectivity index (χ3n) is 3.84. The van der Waals surface area contributed by atoms with Gasteiger partial charge in [-0.05, 0) is 36.8 Å². The van der Waals surface area contributed by atoms with Crippen LogP contribution in [0.15, 0.2) is 36.5 Å². The second-order valence-corrected chi connectivity index (χ2v) is 6.23. The van der Waals surface area contributed by atoms with Crippen molar-refractivity contribution in [2.24, 2.45) is 0 Å². The minimum atomic E-state index is -0.445. The lowest BCUT2D eigenvalue weighted by molar-refractivity contribution is 0.0600. The normalized spacial score (nSPS) is 10.3. The number of anilines is 2. The summed E-state index contributed by atoms with van der Waals surface area (Å²) in [6, 6.07) is 8.21. The van der Waals surface area contributed by atoms with Gasteiger partial charge in [0.1, 0.15) is 5.69 Å². The Balaban J connectivity index is 2.12. The number of hydrogen-bond acceptors (Lipinski definition) is 5. The van der Waals surface area contributed by atoms with E-state index in [2.05, 4.69) is 17.2 Å². The quantitative estimate of drug-likeness (QED) is 0.736. The van der Waals surface area contributed by atoms with Gasteiger partial charge in [0.25, 0.3) is 5.91 Å². The number of ether oxygens (including phenoxy) is 1. The number of benzene rings is 1. The molecule has 0 radical (unpaired) electrons. The van der Waals surface area contributed by atoms with Crippen LogP contribution in [-0.2, 0) is 4.74 Å². The first-order valence-electron chi connectivity index (χ1n) is 8.32. The van der Waals surface area contributed by atoms with Crippen molar-refractivity contribution < 1.29 is 14.3 Å². The zero-order valence-electron chi connectivity index (χ0n) is 15.1. The van der Waals surface area contributed by atoms with E-state index in [1.165, 1.54) is 7.11 Å². The second kappa shape index (κ2) is 9.20. The summed E-state index contributed by atoms with van der Waals surface area (Å²) in [4.78, 5) is 29.8. The van der Waals surface area contributed by atoms with Gasteiger partial charge in [0.15, 0.2) is 0 Å². The molecule has 1 heterocycles. The van der Waals surface area contributed by atoms with E-state index in [9.17, 15) is 9.59 Å². The predicted octanol–water partition coefficient (Wildman–Crippen LogP) is 4.14. The molecule has 0 saturated heterocycles. The molecule has 26 heavy (non-hydrogen) atoms. The van der Waals surface area contributed by atoms with Crippen molar-refractivity contribution in [2.45, 2.75) is 19.8 Å². The number of nitrogens with one attached hydrogen (secondary N) is 1. The molecule has 0 unspecified atom stereocenters. The smallest absolute Gasteiger partial charge is 0.337 e. The minimum Gasteiger partial charge on any atom is -0.465 e. The third-order valence-corrected chi connectivity index (χ3v) is 4.17. The lowest BCUT2D eigenvalue weighted by Crippen LogP contribution is -2.28. The van der Waals surface area contributed by atoms with E-state index < -0.39 is 5.97 Å². The average Bonchev–Trinajstić information content (AvgIpc) is 2.67. The number of pyridine rings is 1. The molecule has 7 heteroatoms. The summed E-state index contributed by atoms with van der Waals surface area (Å²) in [5.41, 5.74) is 1.97. The van der Waals surface area contributed by atoms with E-state index in [1.54, 1.807) is 48.5 Å². The molecular formula is C19H22ClN3O3. The first kappa shape index (κ1) is 19.7. The van der Waals surface area contributed by atoms with Gasteiger partial charge in [-0.25, -0.2) is 9.78 Å². The number of methoxy groups -OCH3 is 1. The molecule has 0 aliphatic rings. The highest BCUT2D eigenvalue weighted by atomic mass is 35.5. The average molecular weight is 376 g/mol. The molecule has 0 aliphatic heterocycles. The summed E-state index contributed by atoms with van der Waals surface area (Å²) in [6.07, 6.45) is 3.54. The molecule has 1 amide bonds. The van der Waals surface area contributed by atoms with Gasteiger partial charge in [-0.2, -0.15) is 0 Å². The molecule has 2 rings (SSSR count). The van der Waals surface area contributed by atoms with E-state index in [1.807, 2.05) is 0 Å². The van der Waals surface area contributed by atoms with Crippen LogP contribution in [0.1, 0.15) is 40.6 Å². The highest BCUT2D eigenvalue weighted by molar-refractivity contribution is 6.33. The fourth-order valence-electron chi connectivity index (χ4n) is 2.31. The number of aromatic nitrogens is 1. The van der Waals surface area contributed by atoms with Gasteiger partial charge in [-0.15, -0.1) is 0 Å². The van der Waals surface area contributed by atoms with Crippen LogP contribution in [0.5, 0.6) is 0 Å². The molecule has 0 saturated carbocycles. The van der Waals surface area contributed by atoms with Crippen molar-refractivity contribution in [2.75, 3.05) is 26.0 Å². The van der Waals surface area contributed by atoms with Crippen molar-refractivity contribution in [3.8, 4) is 0 Å². The Labute approximate surface area is 158 Å². The van der Waals surface area contributed by atoms with Crippen molar-refractivity contribution in [3.63, 3.8) is 0 Å². The molecule has 0 fully saturated rings. The van der Waals surface area contributed by atoms with E-state index >= 15 is 0 Å². The molecule has 1 aromatic carbocycles. The molecule has 0 aliphatic carbocycles. The second-order valence-electron chi connectivity index (χ2n) is 5.82. The van der Waals surface area contributed by atoms with Crippen molar-refractivity contribution in [1.29, 1.82) is 0 Å². The number of halogens is 1. The van der Waals surface area contributed by atoms with Gasteiger partial charge in [0, 0.05) is 13.6 Å². The topological polar surface area (TPSA) is 71.5 Å². The largest absolute Gasteiger partial charge is 0.465 e. The van der Waals surface area contributed by atoms with Crippen LogP contribution in [0.3, 0.4) is 0 Å². The Morgan fingerprint density at radius 1 is 1.27 bits per heavy atom. The number of hydrogen-bond donors (Lipinski definition) is 1. The number of nitrogens with zero attached hydrogens (tertiary/aromatic N) is 2. The fourth-order valence-corrected chi connectivity index (χ4v) is 2.47. The van der Waals surface area contributed by atoms with Crippen LogP contribution in [0.2, 0.25) is 5.02 Å². The maximum atomic E-state index is 12.3. The number of esters is 1. The van der Waals surface area contributed by atoms with Crippen LogP contribution in [0.25, 0.3) is 0 Å². The summed E-state index contributed by atoms with van der Waals surface area (Å²) < 4.78 is 4.71. The number of rotatable bonds is 7. The minimum absolute atomic E-state index is 0.115. The van der Waals surface area contributed by atoms with Crippen molar-refractivity contribution in [3.05, 3.63) is 52.8 Å². The predicted molar refractivity (Wildman–Crippen MR) is 102 cm³/mol. The van der Waals surface area contributed by atoms with E-state index in [4.69, 9.17) is 16.3 Å². The van der Waals surface area contributed by atoms with Crippen LogP contribution in [0, 0.1) is 0 Å². The standard InChI is InChI=1S/C19H22ClN3O3/c1-4-5-10-23(2)18(24)16-9-7-14(12-21-16)22-17-11-13(19(25)26-3)6-8-15(17)20/h6-9,11-12,22H,4-5,10H2,1-3H3. The van der Waals surface area contributed by atoms with Gasteiger partial charge >= 0.3 is 5.97 Å². The number of carbonyl (C=O) groups is 2.